The summed E-state index contributed by atoms with van der Waals surface area (Å²) in [7, 11) is 1.55. The van der Waals surface area contributed by atoms with Crippen LogP contribution < -0.4 is 10.1 Å². The summed E-state index contributed by atoms with van der Waals surface area (Å²) in [5.74, 6) is -0.269. The molecule has 2 atom stereocenters. The van der Waals surface area contributed by atoms with Crippen LogP contribution in [-0.4, -0.2) is 67.2 Å². The van der Waals surface area contributed by atoms with Crippen molar-refractivity contribution in [2.45, 2.75) is 18.7 Å². The van der Waals surface area contributed by atoms with Crippen LogP contribution in [0.3, 0.4) is 0 Å². The molecule has 3 amide bonds. The first-order valence-corrected chi connectivity index (χ1v) is 12.6. The number of anilines is 1. The molecular weight excluding hydrogens is 505 g/mol. The Bertz CT molecular complexity index is 1320. The Balaban J connectivity index is 1.36. The number of hydrogen-bond acceptors (Lipinski definition) is 6. The molecule has 2 fully saturated rings. The highest BCUT2D eigenvalue weighted by Crippen LogP contribution is 2.35. The van der Waals surface area contributed by atoms with E-state index in [0.29, 0.717) is 54.4 Å². The van der Waals surface area contributed by atoms with Gasteiger partial charge in [-0.3, -0.25) is 14.5 Å². The lowest BCUT2D eigenvalue weighted by Crippen LogP contribution is -2.51. The summed E-state index contributed by atoms with van der Waals surface area (Å²) in [4.78, 5) is 42.4. The summed E-state index contributed by atoms with van der Waals surface area (Å²) < 4.78 is 29.7. The van der Waals surface area contributed by atoms with Gasteiger partial charge in [-0.2, -0.15) is 0 Å². The molecule has 202 valence electrons. The van der Waals surface area contributed by atoms with Gasteiger partial charge in [0.2, 0.25) is 5.91 Å². The smallest absolute Gasteiger partial charge is 0.411 e. The summed E-state index contributed by atoms with van der Waals surface area (Å²) in [5, 5.41) is 2.84. The molecule has 3 aromatic carbocycles. The molecule has 0 saturated carbocycles. The lowest BCUT2D eigenvalue weighted by atomic mass is 9.99. The first-order chi connectivity index (χ1) is 18.9. The minimum atomic E-state index is -0.916. The maximum Gasteiger partial charge on any atom is 0.411 e. The van der Waals surface area contributed by atoms with Gasteiger partial charge in [-0.25, -0.2) is 9.18 Å². The van der Waals surface area contributed by atoms with E-state index in [0.717, 1.165) is 0 Å². The monoisotopic (exact) mass is 533 g/mol. The van der Waals surface area contributed by atoms with E-state index >= 15 is 0 Å². The van der Waals surface area contributed by atoms with Gasteiger partial charge >= 0.3 is 6.09 Å². The van der Waals surface area contributed by atoms with Gasteiger partial charge in [0, 0.05) is 24.3 Å². The molecule has 9 nitrogen and oxygen atoms in total. The Morgan fingerprint density at radius 3 is 2.28 bits per heavy atom. The predicted octanol–water partition coefficient (Wildman–Crippen LogP) is 4.01. The number of rotatable bonds is 7. The van der Waals surface area contributed by atoms with E-state index in [4.69, 9.17) is 14.2 Å². The van der Waals surface area contributed by atoms with Crippen molar-refractivity contribution in [3.8, 4) is 5.75 Å². The molecule has 3 aromatic rings. The molecule has 39 heavy (non-hydrogen) atoms. The van der Waals surface area contributed by atoms with Crippen molar-refractivity contribution < 1.29 is 33.0 Å². The number of halogens is 1. The molecule has 0 spiro atoms. The summed E-state index contributed by atoms with van der Waals surface area (Å²) in [5.41, 5.74) is 2.30. The number of cyclic esters (lactones) is 1. The van der Waals surface area contributed by atoms with E-state index in [1.807, 2.05) is 0 Å². The average Bonchev–Trinajstić information content (AvgIpc) is 3.30. The molecule has 0 unspecified atom stereocenters. The van der Waals surface area contributed by atoms with Crippen molar-refractivity contribution >= 4 is 23.6 Å². The normalized spacial score (nSPS) is 19.0. The van der Waals surface area contributed by atoms with Crippen LogP contribution in [0.15, 0.2) is 72.8 Å². The number of hydrogen-bond donors (Lipinski definition) is 1. The SMILES string of the molecule is COc1ccc(C(=O)Nc2ccc([C@@H]3OC(=O)N(Cc4ccc(F)cc4)[C@H]3C(=O)N3CCOCC3)cc2)cc1. The Morgan fingerprint density at radius 1 is 0.974 bits per heavy atom. The van der Waals surface area contributed by atoms with Crippen LogP contribution >= 0.6 is 0 Å². The largest absolute Gasteiger partial charge is 0.497 e. The Kier molecular flexibility index (Phi) is 7.74. The highest BCUT2D eigenvalue weighted by molar-refractivity contribution is 6.04. The van der Waals surface area contributed by atoms with Gasteiger partial charge in [0.25, 0.3) is 5.91 Å². The van der Waals surface area contributed by atoms with E-state index in [-0.39, 0.29) is 24.2 Å². The zero-order valence-corrected chi connectivity index (χ0v) is 21.3. The molecule has 5 rings (SSSR count). The van der Waals surface area contributed by atoms with Crippen LogP contribution in [-0.2, 0) is 20.8 Å². The maximum atomic E-state index is 13.7. The number of methoxy groups -OCH3 is 1. The van der Waals surface area contributed by atoms with Crippen LogP contribution in [0.1, 0.15) is 27.6 Å². The number of carbonyl (C=O) groups is 3. The van der Waals surface area contributed by atoms with E-state index in [1.165, 1.54) is 17.0 Å². The van der Waals surface area contributed by atoms with Gasteiger partial charge < -0.3 is 24.4 Å². The minimum Gasteiger partial charge on any atom is -0.497 e. The van der Waals surface area contributed by atoms with E-state index < -0.39 is 18.2 Å². The number of carbonyl (C=O) groups excluding carboxylic acids is 3. The molecule has 2 aliphatic rings. The summed E-state index contributed by atoms with van der Waals surface area (Å²) >= 11 is 0. The molecule has 2 heterocycles. The average molecular weight is 534 g/mol. The summed E-state index contributed by atoms with van der Waals surface area (Å²) in [6.45, 7) is 1.75. The standard InChI is InChI=1S/C29H28FN3O6/c1-37-24-12-6-21(7-13-24)27(34)31-23-10-4-20(5-11-23)26-25(28(35)32-14-16-38-17-15-32)33(29(36)39-26)18-19-2-8-22(30)9-3-19/h2-13,25-26H,14-18H2,1H3,(H,31,34)/t25-,26+/m1/s1. The second-order valence-electron chi connectivity index (χ2n) is 9.25. The number of benzene rings is 3. The molecule has 1 N–H and O–H groups in total. The van der Waals surface area contributed by atoms with Crippen LogP contribution in [0.2, 0.25) is 0 Å². The first-order valence-electron chi connectivity index (χ1n) is 12.6. The van der Waals surface area contributed by atoms with Gasteiger partial charge in [0.15, 0.2) is 12.1 Å². The predicted molar refractivity (Wildman–Crippen MR) is 140 cm³/mol. The van der Waals surface area contributed by atoms with E-state index in [2.05, 4.69) is 5.32 Å². The Labute approximate surface area is 225 Å². The molecule has 2 saturated heterocycles. The van der Waals surface area contributed by atoms with E-state index in [9.17, 15) is 18.8 Å². The van der Waals surface area contributed by atoms with Crippen molar-refractivity contribution in [1.82, 2.24) is 9.80 Å². The molecule has 0 aliphatic carbocycles. The number of morpholine rings is 1. The highest BCUT2D eigenvalue weighted by Gasteiger charge is 2.48. The second-order valence-corrected chi connectivity index (χ2v) is 9.25. The number of ether oxygens (including phenoxy) is 3. The zero-order chi connectivity index (χ0) is 27.4. The van der Waals surface area contributed by atoms with Crippen molar-refractivity contribution in [3.05, 3.63) is 95.3 Å². The van der Waals surface area contributed by atoms with Gasteiger partial charge in [-0.15, -0.1) is 0 Å². The van der Waals surface area contributed by atoms with Crippen LogP contribution in [0.25, 0.3) is 0 Å². The van der Waals surface area contributed by atoms with Crippen LogP contribution in [0.5, 0.6) is 5.75 Å². The van der Waals surface area contributed by atoms with E-state index in [1.54, 1.807) is 72.7 Å². The lowest BCUT2D eigenvalue weighted by Gasteiger charge is -2.32. The molecular formula is C29H28FN3O6. The Morgan fingerprint density at radius 2 is 1.64 bits per heavy atom. The molecule has 2 aliphatic heterocycles. The van der Waals surface area contributed by atoms with Crippen molar-refractivity contribution in [3.63, 3.8) is 0 Å². The molecule has 0 bridgehead atoms. The lowest BCUT2D eigenvalue weighted by molar-refractivity contribution is -0.141. The fraction of sp³-hybridized carbons (Fsp3) is 0.276. The molecule has 10 heteroatoms. The van der Waals surface area contributed by atoms with Crippen molar-refractivity contribution in [2.24, 2.45) is 0 Å². The third-order valence-corrected chi connectivity index (χ3v) is 6.78. The topological polar surface area (TPSA) is 97.4 Å². The second kappa shape index (κ2) is 11.5. The summed E-state index contributed by atoms with van der Waals surface area (Å²) in [6, 6.07) is 18.4. The van der Waals surface area contributed by atoms with Crippen LogP contribution in [0.4, 0.5) is 14.9 Å². The van der Waals surface area contributed by atoms with Gasteiger partial charge in [0.05, 0.1) is 26.9 Å². The maximum absolute atomic E-state index is 13.7. The third kappa shape index (κ3) is 5.85. The Hall–Kier alpha value is -4.44. The first kappa shape index (κ1) is 26.2. The van der Waals surface area contributed by atoms with Crippen molar-refractivity contribution in [1.29, 1.82) is 0 Å². The third-order valence-electron chi connectivity index (χ3n) is 6.78. The molecule has 0 radical (unpaired) electrons. The van der Waals surface area contributed by atoms with Gasteiger partial charge in [-0.05, 0) is 59.7 Å². The minimum absolute atomic E-state index is 0.0896. The number of nitrogens with one attached hydrogen (secondary N) is 1. The quantitative estimate of drug-likeness (QED) is 0.493. The van der Waals surface area contributed by atoms with Gasteiger partial charge in [-0.1, -0.05) is 24.3 Å². The number of amides is 3. The fourth-order valence-electron chi connectivity index (χ4n) is 4.65. The van der Waals surface area contributed by atoms with Crippen LogP contribution in [0, 0.1) is 5.82 Å². The zero-order valence-electron chi connectivity index (χ0n) is 21.3. The van der Waals surface area contributed by atoms with Crippen molar-refractivity contribution in [2.75, 3.05) is 38.7 Å². The molecule has 0 aromatic heterocycles. The van der Waals surface area contributed by atoms with Gasteiger partial charge in [0.1, 0.15) is 11.6 Å². The fourth-order valence-corrected chi connectivity index (χ4v) is 4.65. The highest BCUT2D eigenvalue weighted by atomic mass is 19.1. The number of nitrogens with zero attached hydrogens (tertiary/aromatic N) is 2. The summed E-state index contributed by atoms with van der Waals surface area (Å²) in [6.07, 6.45) is -1.49.